The Labute approximate surface area is 178 Å². The van der Waals surface area contributed by atoms with Crippen LogP contribution in [-0.2, 0) is 9.59 Å². The summed E-state index contributed by atoms with van der Waals surface area (Å²) in [7, 11) is 0. The van der Waals surface area contributed by atoms with Gasteiger partial charge in [0.05, 0.1) is 5.57 Å². The Morgan fingerprint density at radius 3 is 2.45 bits per heavy atom. The first-order valence-electron chi connectivity index (χ1n) is 9.54. The quantitative estimate of drug-likeness (QED) is 0.374. The summed E-state index contributed by atoms with van der Waals surface area (Å²) in [6, 6.07) is 18.3. The minimum atomic E-state index is -0.292. The zero-order valence-corrected chi connectivity index (χ0v) is 16.6. The summed E-state index contributed by atoms with van der Waals surface area (Å²) in [6.45, 7) is 1.40. The molecule has 0 bridgehead atoms. The number of phenolic OH excluding ortho intramolecular Hbond substituents is 1. The van der Waals surface area contributed by atoms with Gasteiger partial charge in [0.1, 0.15) is 5.75 Å². The van der Waals surface area contributed by atoms with Crippen LogP contribution in [0.5, 0.6) is 5.75 Å². The van der Waals surface area contributed by atoms with Gasteiger partial charge in [-0.25, -0.2) is 0 Å². The predicted octanol–water partition coefficient (Wildman–Crippen LogP) is 3.99. The SMILES string of the molecule is CC(=O)Nc1cccc(C(=O)c2ccc3c(c2)NC(=O)/C3=C/Nc2cccc(O)c2)c1. The average molecular weight is 413 g/mol. The summed E-state index contributed by atoms with van der Waals surface area (Å²) >= 11 is 0. The Bertz CT molecular complexity index is 1250. The first kappa shape index (κ1) is 19.9. The van der Waals surface area contributed by atoms with Crippen molar-refractivity contribution in [2.75, 3.05) is 16.0 Å². The van der Waals surface area contributed by atoms with Crippen LogP contribution < -0.4 is 16.0 Å². The lowest BCUT2D eigenvalue weighted by molar-refractivity contribution is -0.114. The number of carbonyl (C=O) groups is 3. The lowest BCUT2D eigenvalue weighted by atomic mass is 9.99. The second-order valence-electron chi connectivity index (χ2n) is 7.06. The van der Waals surface area contributed by atoms with E-state index in [1.54, 1.807) is 72.9 Å². The van der Waals surface area contributed by atoms with Crippen molar-refractivity contribution in [2.45, 2.75) is 6.92 Å². The Balaban J connectivity index is 1.59. The fraction of sp³-hybridized carbons (Fsp3) is 0.0417. The molecule has 0 aliphatic carbocycles. The minimum Gasteiger partial charge on any atom is -0.508 e. The maximum atomic E-state index is 12.9. The molecule has 4 rings (SSSR count). The first-order valence-corrected chi connectivity index (χ1v) is 9.54. The molecule has 0 aromatic heterocycles. The molecule has 1 aliphatic rings. The number of nitrogens with one attached hydrogen (secondary N) is 3. The summed E-state index contributed by atoms with van der Waals surface area (Å²) < 4.78 is 0. The Morgan fingerprint density at radius 1 is 0.935 bits per heavy atom. The second-order valence-corrected chi connectivity index (χ2v) is 7.06. The standard InChI is InChI=1S/C24H19N3O4/c1-14(28)26-18-6-2-4-15(10-18)23(30)16-8-9-20-21(24(31)27-22(20)11-16)13-25-17-5-3-7-19(29)12-17/h2-13,25,29H,1H3,(H,26,28)(H,27,31)/b21-13+. The molecule has 3 aromatic rings. The molecule has 0 saturated heterocycles. The monoisotopic (exact) mass is 413 g/mol. The van der Waals surface area contributed by atoms with Crippen LogP contribution >= 0.6 is 0 Å². The number of rotatable bonds is 5. The van der Waals surface area contributed by atoms with Crippen LogP contribution in [0.15, 0.2) is 72.9 Å². The number of hydrogen-bond donors (Lipinski definition) is 4. The highest BCUT2D eigenvalue weighted by Crippen LogP contribution is 2.33. The van der Waals surface area contributed by atoms with Gasteiger partial charge < -0.3 is 21.1 Å². The van der Waals surface area contributed by atoms with E-state index in [9.17, 15) is 19.5 Å². The molecule has 0 radical (unpaired) electrons. The largest absolute Gasteiger partial charge is 0.508 e. The second kappa shape index (κ2) is 8.16. The molecule has 0 fully saturated rings. The molecular formula is C24H19N3O4. The van der Waals surface area contributed by atoms with Gasteiger partial charge in [0.25, 0.3) is 5.91 Å². The van der Waals surface area contributed by atoms with E-state index in [0.29, 0.717) is 39.3 Å². The molecule has 1 heterocycles. The van der Waals surface area contributed by atoms with Crippen molar-refractivity contribution < 1.29 is 19.5 Å². The molecule has 31 heavy (non-hydrogen) atoms. The van der Waals surface area contributed by atoms with Gasteiger partial charge in [-0.15, -0.1) is 0 Å². The molecule has 1 aliphatic heterocycles. The van der Waals surface area contributed by atoms with E-state index in [4.69, 9.17) is 0 Å². The lowest BCUT2D eigenvalue weighted by Crippen LogP contribution is -2.08. The van der Waals surface area contributed by atoms with Crippen molar-refractivity contribution in [1.82, 2.24) is 0 Å². The van der Waals surface area contributed by atoms with Crippen LogP contribution in [0.1, 0.15) is 28.4 Å². The summed E-state index contributed by atoms with van der Waals surface area (Å²) in [5.74, 6) is -0.617. The van der Waals surface area contributed by atoms with E-state index in [1.165, 1.54) is 6.92 Å². The third-order valence-electron chi connectivity index (χ3n) is 4.74. The van der Waals surface area contributed by atoms with Crippen molar-refractivity contribution in [3.8, 4) is 5.75 Å². The molecule has 2 amide bonds. The summed E-state index contributed by atoms with van der Waals surface area (Å²) in [4.78, 5) is 36.6. The number of aromatic hydroxyl groups is 1. The summed E-state index contributed by atoms with van der Waals surface area (Å²) in [6.07, 6.45) is 1.56. The summed E-state index contributed by atoms with van der Waals surface area (Å²) in [5.41, 5.74) is 3.65. The van der Waals surface area contributed by atoms with E-state index in [0.717, 1.165) is 0 Å². The van der Waals surface area contributed by atoms with Crippen LogP contribution in [0.25, 0.3) is 5.57 Å². The van der Waals surface area contributed by atoms with E-state index < -0.39 is 0 Å². The van der Waals surface area contributed by atoms with E-state index in [2.05, 4.69) is 16.0 Å². The van der Waals surface area contributed by atoms with Crippen molar-refractivity contribution in [1.29, 1.82) is 0 Å². The number of benzene rings is 3. The molecule has 0 saturated carbocycles. The van der Waals surface area contributed by atoms with Crippen molar-refractivity contribution in [3.63, 3.8) is 0 Å². The van der Waals surface area contributed by atoms with Crippen LogP contribution in [0.4, 0.5) is 17.1 Å². The maximum absolute atomic E-state index is 12.9. The van der Waals surface area contributed by atoms with Crippen LogP contribution in [0.2, 0.25) is 0 Å². The number of amides is 2. The number of anilines is 3. The van der Waals surface area contributed by atoms with Crippen molar-refractivity contribution in [2.24, 2.45) is 0 Å². The number of ketones is 1. The highest BCUT2D eigenvalue weighted by atomic mass is 16.3. The highest BCUT2D eigenvalue weighted by Gasteiger charge is 2.25. The smallest absolute Gasteiger partial charge is 0.257 e. The van der Waals surface area contributed by atoms with Crippen molar-refractivity contribution in [3.05, 3.63) is 89.6 Å². The van der Waals surface area contributed by atoms with Crippen LogP contribution in [-0.4, -0.2) is 22.7 Å². The number of phenols is 1. The minimum absolute atomic E-state index is 0.116. The Hall–Kier alpha value is -4.39. The predicted molar refractivity (Wildman–Crippen MR) is 119 cm³/mol. The van der Waals surface area contributed by atoms with Gasteiger partial charge in [-0.2, -0.15) is 0 Å². The number of hydrogen-bond acceptors (Lipinski definition) is 5. The highest BCUT2D eigenvalue weighted by molar-refractivity contribution is 6.32. The van der Waals surface area contributed by atoms with Gasteiger partial charge in [0.2, 0.25) is 5.91 Å². The maximum Gasteiger partial charge on any atom is 0.257 e. The average Bonchev–Trinajstić information content (AvgIpc) is 3.05. The zero-order valence-electron chi connectivity index (χ0n) is 16.6. The van der Waals surface area contributed by atoms with Gasteiger partial charge in [0, 0.05) is 52.9 Å². The molecule has 0 spiro atoms. The molecule has 7 heteroatoms. The third kappa shape index (κ3) is 4.30. The molecule has 3 aromatic carbocycles. The number of carbonyl (C=O) groups excluding carboxylic acids is 3. The van der Waals surface area contributed by atoms with Gasteiger partial charge in [0.15, 0.2) is 5.78 Å². The molecule has 7 nitrogen and oxygen atoms in total. The first-order chi connectivity index (χ1) is 14.9. The Morgan fingerprint density at radius 2 is 1.68 bits per heavy atom. The zero-order chi connectivity index (χ0) is 22.0. The van der Waals surface area contributed by atoms with Crippen molar-refractivity contribution >= 4 is 40.2 Å². The molecule has 0 atom stereocenters. The third-order valence-corrected chi connectivity index (χ3v) is 4.74. The lowest BCUT2D eigenvalue weighted by Gasteiger charge is -2.07. The fourth-order valence-corrected chi connectivity index (χ4v) is 3.34. The van der Waals surface area contributed by atoms with E-state index >= 15 is 0 Å². The topological polar surface area (TPSA) is 108 Å². The molecule has 4 N–H and O–H groups in total. The molecular weight excluding hydrogens is 394 g/mol. The van der Waals surface area contributed by atoms with Crippen LogP contribution in [0.3, 0.4) is 0 Å². The molecule has 0 unspecified atom stereocenters. The van der Waals surface area contributed by atoms with E-state index in [-0.39, 0.29) is 23.3 Å². The van der Waals surface area contributed by atoms with Gasteiger partial charge in [-0.05, 0) is 30.3 Å². The van der Waals surface area contributed by atoms with Gasteiger partial charge >= 0.3 is 0 Å². The Kier molecular flexibility index (Phi) is 5.24. The van der Waals surface area contributed by atoms with Gasteiger partial charge in [-0.3, -0.25) is 14.4 Å². The van der Waals surface area contributed by atoms with E-state index in [1.807, 2.05) is 0 Å². The van der Waals surface area contributed by atoms with Gasteiger partial charge in [-0.1, -0.05) is 30.3 Å². The fourth-order valence-electron chi connectivity index (χ4n) is 3.34. The number of fused-ring (bicyclic) bond motifs is 1. The summed E-state index contributed by atoms with van der Waals surface area (Å²) in [5, 5.41) is 18.0. The molecule has 154 valence electrons. The normalized spacial score (nSPS) is 13.5. The van der Waals surface area contributed by atoms with Crippen LogP contribution in [0, 0.1) is 0 Å².